The molecule has 0 heterocycles. The second-order valence-corrected chi connectivity index (χ2v) is 4.18. The fourth-order valence-electron chi connectivity index (χ4n) is 0. The Morgan fingerprint density at radius 3 is 0.533 bits per heavy atom. The summed E-state index contributed by atoms with van der Waals surface area (Å²) in [6, 6.07) is 0. The van der Waals surface area contributed by atoms with E-state index >= 15 is 0 Å². The Balaban J connectivity index is -0.0000000184. The Morgan fingerprint density at radius 2 is 0.533 bits per heavy atom. The van der Waals surface area contributed by atoms with Gasteiger partial charge in [-0.05, 0) is 17.8 Å². The van der Waals surface area contributed by atoms with E-state index in [4.69, 9.17) is 0 Å². The molecule has 3 heteroatoms. The van der Waals surface area contributed by atoms with Gasteiger partial charge in [0.2, 0.25) is 0 Å². The van der Waals surface area contributed by atoms with Crippen molar-refractivity contribution in [3.63, 3.8) is 0 Å². The Kier molecular flexibility index (Phi) is 71.1. The van der Waals surface area contributed by atoms with E-state index in [2.05, 4.69) is 62.3 Å². The molecule has 0 saturated heterocycles. The van der Waals surface area contributed by atoms with Crippen LogP contribution in [-0.4, -0.2) is 24.4 Å². The molecule has 0 aromatic carbocycles. The fourth-order valence-corrected chi connectivity index (χ4v) is 0. The molecule has 0 N–H and O–H groups in total. The third-order valence-electron chi connectivity index (χ3n) is 0. The summed E-state index contributed by atoms with van der Waals surface area (Å²) in [5.74, 6) is 1.75. The van der Waals surface area contributed by atoms with Crippen molar-refractivity contribution in [1.29, 1.82) is 0 Å². The van der Waals surface area contributed by atoms with E-state index in [1.165, 1.54) is 0 Å². The van der Waals surface area contributed by atoms with Gasteiger partial charge in [0.15, 0.2) is 0 Å². The van der Waals surface area contributed by atoms with E-state index in [-0.39, 0.29) is 58.4 Å². The van der Waals surface area contributed by atoms with Crippen LogP contribution in [0.25, 0.3) is 0 Å². The van der Waals surface area contributed by atoms with Crippen molar-refractivity contribution in [3.8, 4) is 0 Å². The van der Waals surface area contributed by atoms with Crippen LogP contribution in [0.2, 0.25) is 0 Å². The van der Waals surface area contributed by atoms with Gasteiger partial charge in [-0.2, -0.15) is 0 Å². The maximum atomic E-state index is 3.64. The summed E-state index contributed by atoms with van der Waals surface area (Å²) in [6.45, 7) is 23.2. The zero-order valence-electron chi connectivity index (χ0n) is 11.1. The van der Waals surface area contributed by atoms with Crippen LogP contribution < -0.4 is 34.0 Å². The normalized spacial score (nSPS) is 7.20. The first-order valence-corrected chi connectivity index (χ1v) is 4.69. The zero-order valence-corrected chi connectivity index (χ0v) is 16.8. The number of rotatable bonds is 0. The first-order valence-electron chi connectivity index (χ1n) is 4.69. The van der Waals surface area contributed by atoms with E-state index in [1.807, 2.05) is 0 Å². The van der Waals surface area contributed by atoms with Gasteiger partial charge >= 0.3 is 0 Å². The topological polar surface area (TPSA) is 0 Å². The summed E-state index contributed by atoms with van der Waals surface area (Å²) in [5.41, 5.74) is 0. The fraction of sp³-hybridized carbons (Fsp3) is 0.750. The van der Waals surface area contributed by atoms with Crippen molar-refractivity contribution in [2.75, 3.05) is 0 Å². The van der Waals surface area contributed by atoms with Crippen LogP contribution in [0.5, 0.6) is 0 Å². The molecule has 6 radical (unpaired) electrons. The van der Waals surface area contributed by atoms with E-state index < -0.39 is 0 Å². The summed E-state index contributed by atoms with van der Waals surface area (Å²) in [6.07, 6.45) is 0. The van der Waals surface area contributed by atoms with Gasteiger partial charge in [0.05, 0.1) is 0 Å². The first-order chi connectivity index (χ1) is 5.20. The second kappa shape index (κ2) is 29.7. The predicted molar refractivity (Wildman–Crippen MR) is 66.3 cm³/mol. The Morgan fingerprint density at radius 1 is 0.533 bits per heavy atom. The summed E-state index contributed by atoms with van der Waals surface area (Å²) in [4.78, 5) is 0. The molecule has 0 fully saturated rings. The molecule has 96 valence electrons. The van der Waals surface area contributed by atoms with Gasteiger partial charge in [-0.25, -0.2) is 0 Å². The third kappa shape index (κ3) is 947. The molecule has 0 spiro atoms. The van der Waals surface area contributed by atoms with Crippen LogP contribution in [0.4, 0.5) is 0 Å². The van der Waals surface area contributed by atoms with Crippen molar-refractivity contribution < 1.29 is 34.0 Å². The number of hydrogen-bond donors (Lipinski definition) is 0. The SMILES string of the molecule is [Br-].[Br-].[CH2]C(C)C.[CH2]C(C)C.[CH2]C(C)C.[Sb]. The third-order valence-corrected chi connectivity index (χ3v) is 0. The second-order valence-electron chi connectivity index (χ2n) is 4.18. The molecular formula is C12H27Br2Sb-2. The standard InChI is InChI=1S/3C4H9.2BrH.Sb/c3*1-4(2)3;;;/h3*4H,1H2,2-3H3;2*1H;/p-2. The van der Waals surface area contributed by atoms with Crippen LogP contribution >= 0.6 is 0 Å². The van der Waals surface area contributed by atoms with E-state index in [9.17, 15) is 0 Å². The van der Waals surface area contributed by atoms with Crippen molar-refractivity contribution in [2.24, 2.45) is 17.8 Å². The predicted octanol–water partition coefficient (Wildman–Crippen LogP) is -1.94. The Hall–Kier alpha value is 1.78. The Labute approximate surface area is 137 Å². The molecule has 0 atom stereocenters. The molecule has 0 aromatic rings. The van der Waals surface area contributed by atoms with Crippen LogP contribution in [0.15, 0.2) is 0 Å². The minimum Gasteiger partial charge on any atom is -1.00 e. The van der Waals surface area contributed by atoms with Crippen LogP contribution in [0, 0.1) is 38.5 Å². The van der Waals surface area contributed by atoms with Gasteiger partial charge in [0, 0.05) is 24.4 Å². The number of halogens is 2. The zero-order chi connectivity index (χ0) is 10.7. The first kappa shape index (κ1) is 36.0. The smallest absolute Gasteiger partial charge is 0 e. The van der Waals surface area contributed by atoms with Crippen molar-refractivity contribution in [1.82, 2.24) is 0 Å². The minimum atomic E-state index is 0. The quantitative estimate of drug-likeness (QED) is 0.375. The maximum Gasteiger partial charge on any atom is 0 e. The van der Waals surface area contributed by atoms with Crippen molar-refractivity contribution >= 4 is 24.4 Å². The number of hydrogen-bond acceptors (Lipinski definition) is 0. The van der Waals surface area contributed by atoms with Gasteiger partial charge in [-0.15, -0.1) is 0 Å². The summed E-state index contributed by atoms with van der Waals surface area (Å²) in [5, 5.41) is 0. The molecule has 0 amide bonds. The molecular weight excluding hydrogens is 426 g/mol. The molecule has 0 saturated carbocycles. The summed E-state index contributed by atoms with van der Waals surface area (Å²) < 4.78 is 0. The molecule has 0 nitrogen and oxygen atoms in total. The summed E-state index contributed by atoms with van der Waals surface area (Å²) >= 11 is 0. The Bertz CT molecular complexity index is 42.1. The largest absolute Gasteiger partial charge is 1.00 e. The van der Waals surface area contributed by atoms with Gasteiger partial charge < -0.3 is 34.0 Å². The maximum absolute atomic E-state index is 3.64. The van der Waals surface area contributed by atoms with Gasteiger partial charge in [-0.3, -0.25) is 0 Å². The van der Waals surface area contributed by atoms with E-state index in [0.29, 0.717) is 17.8 Å². The molecule has 0 aliphatic rings. The molecule has 0 rings (SSSR count). The molecule has 0 unspecified atom stereocenters. The monoisotopic (exact) mass is 450 g/mol. The van der Waals surface area contributed by atoms with Gasteiger partial charge in [-0.1, -0.05) is 62.3 Å². The average molecular weight is 453 g/mol. The van der Waals surface area contributed by atoms with Crippen molar-refractivity contribution in [2.45, 2.75) is 41.5 Å². The average Bonchev–Trinajstić information content (AvgIpc) is 1.54. The van der Waals surface area contributed by atoms with E-state index in [1.54, 1.807) is 0 Å². The van der Waals surface area contributed by atoms with Crippen LogP contribution in [-0.2, 0) is 0 Å². The van der Waals surface area contributed by atoms with Crippen LogP contribution in [0.3, 0.4) is 0 Å². The minimum absolute atomic E-state index is 0. The van der Waals surface area contributed by atoms with Gasteiger partial charge in [0.25, 0.3) is 0 Å². The van der Waals surface area contributed by atoms with Crippen LogP contribution in [0.1, 0.15) is 41.5 Å². The molecule has 0 aliphatic carbocycles. The summed E-state index contributed by atoms with van der Waals surface area (Å²) in [7, 11) is 0. The molecule has 0 aliphatic heterocycles. The van der Waals surface area contributed by atoms with Crippen molar-refractivity contribution in [3.05, 3.63) is 20.8 Å². The van der Waals surface area contributed by atoms with E-state index in [0.717, 1.165) is 0 Å². The molecule has 0 aromatic heterocycles. The van der Waals surface area contributed by atoms with Gasteiger partial charge in [0.1, 0.15) is 0 Å². The molecule has 0 bridgehead atoms. The molecule has 15 heavy (non-hydrogen) atoms.